The number of carbonyl (C=O) groups excluding carboxylic acids is 2. The van der Waals surface area contributed by atoms with Gasteiger partial charge in [-0.25, -0.2) is 0 Å². The van der Waals surface area contributed by atoms with Gasteiger partial charge >= 0.3 is 5.97 Å². The summed E-state index contributed by atoms with van der Waals surface area (Å²) < 4.78 is 4.97. The molecule has 1 aliphatic heterocycles. The lowest BCUT2D eigenvalue weighted by Crippen LogP contribution is -2.55. The van der Waals surface area contributed by atoms with Gasteiger partial charge < -0.3 is 10.1 Å². The maximum absolute atomic E-state index is 12.3. The Bertz CT molecular complexity index is 375. The Balaban J connectivity index is 1.70. The van der Waals surface area contributed by atoms with Crippen molar-refractivity contribution in [3.63, 3.8) is 0 Å². The Morgan fingerprint density at radius 3 is 2.41 bits per heavy atom. The zero-order valence-corrected chi connectivity index (χ0v) is 13.8. The number of nitrogens with one attached hydrogen (secondary N) is 1. The van der Waals surface area contributed by atoms with E-state index in [-0.39, 0.29) is 17.9 Å². The second-order valence-electron chi connectivity index (χ2n) is 6.28. The van der Waals surface area contributed by atoms with E-state index in [1.807, 2.05) is 13.8 Å². The highest BCUT2D eigenvalue weighted by atomic mass is 16.5. The molecule has 0 aromatic rings. The van der Waals surface area contributed by atoms with Crippen LogP contribution in [-0.2, 0) is 14.3 Å². The number of nitrogens with zero attached hydrogens (tertiary/aromatic N) is 2. The predicted octanol–water partition coefficient (Wildman–Crippen LogP) is 0.614. The van der Waals surface area contributed by atoms with Gasteiger partial charge in [-0.2, -0.15) is 0 Å². The van der Waals surface area contributed by atoms with E-state index in [9.17, 15) is 9.59 Å². The van der Waals surface area contributed by atoms with E-state index in [0.717, 1.165) is 39.0 Å². The molecule has 0 spiro atoms. The van der Waals surface area contributed by atoms with E-state index in [2.05, 4.69) is 15.1 Å². The van der Waals surface area contributed by atoms with Crippen molar-refractivity contribution in [1.29, 1.82) is 0 Å². The fourth-order valence-electron chi connectivity index (χ4n) is 3.26. The fraction of sp³-hybridized carbons (Fsp3) is 0.875. The number of piperazine rings is 1. The van der Waals surface area contributed by atoms with E-state index in [1.165, 1.54) is 12.8 Å². The van der Waals surface area contributed by atoms with Crippen molar-refractivity contribution >= 4 is 11.9 Å². The zero-order chi connectivity index (χ0) is 15.9. The molecule has 1 aliphatic carbocycles. The van der Waals surface area contributed by atoms with Crippen LogP contribution in [0.5, 0.6) is 0 Å². The minimum absolute atomic E-state index is 0.0923. The molecule has 0 aromatic carbocycles. The molecule has 1 saturated heterocycles. The minimum Gasteiger partial charge on any atom is -0.465 e. The molecule has 1 saturated carbocycles. The Hall–Kier alpha value is -1.14. The predicted molar refractivity (Wildman–Crippen MR) is 84.5 cm³/mol. The molecule has 2 fully saturated rings. The molecule has 6 heteroatoms. The Labute approximate surface area is 133 Å². The molecule has 1 heterocycles. The van der Waals surface area contributed by atoms with Crippen molar-refractivity contribution in [3.8, 4) is 0 Å². The van der Waals surface area contributed by atoms with Gasteiger partial charge in [0, 0.05) is 32.2 Å². The van der Waals surface area contributed by atoms with E-state index in [1.54, 1.807) is 0 Å². The summed E-state index contributed by atoms with van der Waals surface area (Å²) in [7, 11) is 0. The smallest absolute Gasteiger partial charge is 0.320 e. The summed E-state index contributed by atoms with van der Waals surface area (Å²) in [6.07, 6.45) is 4.69. The highest BCUT2D eigenvalue weighted by molar-refractivity contribution is 5.81. The van der Waals surface area contributed by atoms with Gasteiger partial charge in [-0.1, -0.05) is 12.8 Å². The van der Waals surface area contributed by atoms with Crippen molar-refractivity contribution < 1.29 is 14.3 Å². The summed E-state index contributed by atoms with van der Waals surface area (Å²) in [6, 6.07) is 0.283. The van der Waals surface area contributed by atoms with Crippen LogP contribution in [-0.4, -0.2) is 73.1 Å². The quantitative estimate of drug-likeness (QED) is 0.729. The fourth-order valence-corrected chi connectivity index (χ4v) is 3.26. The first-order valence-electron chi connectivity index (χ1n) is 8.52. The molecule has 1 atom stereocenters. The second kappa shape index (κ2) is 8.48. The molecule has 2 aliphatic rings. The largest absolute Gasteiger partial charge is 0.465 e. The molecule has 6 nitrogen and oxygen atoms in total. The molecule has 1 amide bonds. The van der Waals surface area contributed by atoms with Gasteiger partial charge in [0.1, 0.15) is 0 Å². The number of esters is 1. The second-order valence-corrected chi connectivity index (χ2v) is 6.28. The van der Waals surface area contributed by atoms with Crippen LogP contribution in [0.4, 0.5) is 0 Å². The number of carbonyl (C=O) groups is 2. The van der Waals surface area contributed by atoms with Crippen LogP contribution in [0.3, 0.4) is 0 Å². The van der Waals surface area contributed by atoms with Crippen molar-refractivity contribution in [2.24, 2.45) is 0 Å². The van der Waals surface area contributed by atoms with Gasteiger partial charge in [0.25, 0.3) is 0 Å². The third kappa shape index (κ3) is 4.95. The topological polar surface area (TPSA) is 61.9 Å². The molecular weight excluding hydrogens is 282 g/mol. The average Bonchev–Trinajstić information content (AvgIpc) is 3.00. The molecule has 0 bridgehead atoms. The van der Waals surface area contributed by atoms with Gasteiger partial charge in [-0.3, -0.25) is 19.4 Å². The number of hydrogen-bond donors (Lipinski definition) is 1. The third-order valence-corrected chi connectivity index (χ3v) is 4.69. The van der Waals surface area contributed by atoms with Crippen LogP contribution in [0.1, 0.15) is 39.5 Å². The highest BCUT2D eigenvalue weighted by Crippen LogP contribution is 2.18. The summed E-state index contributed by atoms with van der Waals surface area (Å²) in [5.41, 5.74) is 0. The van der Waals surface area contributed by atoms with Gasteiger partial charge in [-0.05, 0) is 26.7 Å². The van der Waals surface area contributed by atoms with Crippen molar-refractivity contribution in [1.82, 2.24) is 15.1 Å². The zero-order valence-electron chi connectivity index (χ0n) is 13.8. The minimum atomic E-state index is -0.164. The van der Waals surface area contributed by atoms with Crippen LogP contribution in [0, 0.1) is 0 Å². The molecule has 0 aromatic heterocycles. The summed E-state index contributed by atoms with van der Waals surface area (Å²) >= 11 is 0. The number of hydrogen-bond acceptors (Lipinski definition) is 5. The van der Waals surface area contributed by atoms with Crippen molar-refractivity contribution in [2.75, 3.05) is 39.3 Å². The normalized spacial score (nSPS) is 22.5. The average molecular weight is 311 g/mol. The monoisotopic (exact) mass is 311 g/mol. The first-order chi connectivity index (χ1) is 10.6. The third-order valence-electron chi connectivity index (χ3n) is 4.69. The van der Waals surface area contributed by atoms with Gasteiger partial charge in [0.05, 0.1) is 19.2 Å². The first-order valence-corrected chi connectivity index (χ1v) is 8.52. The van der Waals surface area contributed by atoms with Crippen molar-refractivity contribution in [3.05, 3.63) is 0 Å². The summed E-state index contributed by atoms with van der Waals surface area (Å²) in [4.78, 5) is 28.1. The summed E-state index contributed by atoms with van der Waals surface area (Å²) in [6.45, 7) is 7.82. The Kier molecular flexibility index (Phi) is 6.64. The maximum Gasteiger partial charge on any atom is 0.320 e. The van der Waals surface area contributed by atoms with Gasteiger partial charge in [0.2, 0.25) is 5.91 Å². The van der Waals surface area contributed by atoms with E-state index < -0.39 is 0 Å². The number of amides is 1. The Morgan fingerprint density at radius 2 is 1.82 bits per heavy atom. The molecule has 126 valence electrons. The maximum atomic E-state index is 12.3. The summed E-state index contributed by atoms with van der Waals surface area (Å²) in [5.74, 6) is -0.0197. The van der Waals surface area contributed by atoms with Crippen molar-refractivity contribution in [2.45, 2.75) is 51.6 Å². The molecular formula is C16H29N3O3. The molecule has 22 heavy (non-hydrogen) atoms. The van der Waals surface area contributed by atoms with Gasteiger partial charge in [-0.15, -0.1) is 0 Å². The van der Waals surface area contributed by atoms with Gasteiger partial charge in [0.15, 0.2) is 0 Å². The molecule has 1 N–H and O–H groups in total. The SMILES string of the molecule is CCOC(=O)CN1CCN(C(C)C(=O)NC2CCCC2)CC1. The van der Waals surface area contributed by atoms with Crippen LogP contribution in [0.25, 0.3) is 0 Å². The van der Waals surface area contributed by atoms with Crippen LogP contribution in [0.2, 0.25) is 0 Å². The lowest BCUT2D eigenvalue weighted by molar-refractivity contribution is -0.145. The molecule has 1 unspecified atom stereocenters. The lowest BCUT2D eigenvalue weighted by atomic mass is 10.2. The van der Waals surface area contributed by atoms with Crippen LogP contribution < -0.4 is 5.32 Å². The number of rotatable bonds is 6. The standard InChI is InChI=1S/C16H29N3O3/c1-3-22-15(20)12-18-8-10-19(11-9-18)13(2)16(21)17-14-6-4-5-7-14/h13-14H,3-12H2,1-2H3,(H,17,21). The van der Waals surface area contributed by atoms with Crippen LogP contribution in [0.15, 0.2) is 0 Å². The molecule has 2 rings (SSSR count). The van der Waals surface area contributed by atoms with E-state index in [4.69, 9.17) is 4.74 Å². The van der Waals surface area contributed by atoms with E-state index in [0.29, 0.717) is 19.2 Å². The first kappa shape index (κ1) is 17.2. The lowest BCUT2D eigenvalue weighted by Gasteiger charge is -2.37. The molecule has 0 radical (unpaired) electrons. The van der Waals surface area contributed by atoms with E-state index >= 15 is 0 Å². The highest BCUT2D eigenvalue weighted by Gasteiger charge is 2.28. The summed E-state index contributed by atoms with van der Waals surface area (Å²) in [5, 5.41) is 3.17. The Morgan fingerprint density at radius 1 is 1.18 bits per heavy atom. The number of ether oxygens (including phenoxy) is 1. The van der Waals surface area contributed by atoms with Crippen LogP contribution >= 0.6 is 0 Å².